The van der Waals surface area contributed by atoms with Crippen molar-refractivity contribution in [2.45, 2.75) is 13.3 Å². The van der Waals surface area contributed by atoms with Gasteiger partial charge >= 0.3 is 0 Å². The van der Waals surface area contributed by atoms with E-state index in [0.717, 1.165) is 5.56 Å². The molecule has 0 aliphatic heterocycles. The molecular weight excluding hydrogens is 181 g/mol. The van der Waals surface area contributed by atoms with Crippen LogP contribution in [0.25, 0.3) is 0 Å². The van der Waals surface area contributed by atoms with Gasteiger partial charge in [0.2, 0.25) is 0 Å². The second-order valence-electron chi connectivity index (χ2n) is 2.64. The number of alkyl halides is 2. The molecule has 0 bridgehead atoms. The molecule has 0 spiro atoms. The molecule has 1 rings (SSSR count). The zero-order valence-electron chi connectivity index (χ0n) is 7.06. The third-order valence-electron chi connectivity index (χ3n) is 1.45. The largest absolute Gasteiger partial charge is 0.485 e. The predicted molar refractivity (Wildman–Crippen MR) is 42.6 cm³/mol. The van der Waals surface area contributed by atoms with E-state index in [9.17, 15) is 13.2 Å². The van der Waals surface area contributed by atoms with E-state index in [-0.39, 0.29) is 5.75 Å². The minimum atomic E-state index is -2.58. The highest BCUT2D eigenvalue weighted by Crippen LogP contribution is 2.18. The number of halogens is 3. The molecule has 0 radical (unpaired) electrons. The molecule has 72 valence electrons. The van der Waals surface area contributed by atoms with Crippen LogP contribution in [0.1, 0.15) is 5.56 Å². The second kappa shape index (κ2) is 4.16. The number of ether oxygens (including phenoxy) is 1. The molecule has 0 saturated heterocycles. The first kappa shape index (κ1) is 9.89. The van der Waals surface area contributed by atoms with Gasteiger partial charge in [0.05, 0.1) is 0 Å². The molecule has 0 aliphatic rings. The molecule has 0 aromatic heterocycles. The monoisotopic (exact) mass is 190 g/mol. The van der Waals surface area contributed by atoms with Gasteiger partial charge < -0.3 is 4.74 Å². The van der Waals surface area contributed by atoms with E-state index >= 15 is 0 Å². The van der Waals surface area contributed by atoms with Crippen LogP contribution in [0.4, 0.5) is 13.2 Å². The lowest BCUT2D eigenvalue weighted by Crippen LogP contribution is -2.08. The number of rotatable bonds is 3. The van der Waals surface area contributed by atoms with Gasteiger partial charge in [0.1, 0.15) is 6.61 Å². The molecule has 0 atom stereocenters. The lowest BCUT2D eigenvalue weighted by Gasteiger charge is -2.06. The molecule has 1 aromatic rings. The van der Waals surface area contributed by atoms with Crippen molar-refractivity contribution in [1.82, 2.24) is 0 Å². The Morgan fingerprint density at radius 2 is 2.08 bits per heavy atom. The van der Waals surface area contributed by atoms with Gasteiger partial charge in [-0.05, 0) is 24.6 Å². The van der Waals surface area contributed by atoms with Crippen molar-refractivity contribution in [2.75, 3.05) is 6.61 Å². The fraction of sp³-hybridized carbons (Fsp3) is 0.333. The van der Waals surface area contributed by atoms with Crippen LogP contribution in [0, 0.1) is 12.7 Å². The molecule has 4 heteroatoms. The molecule has 0 saturated carbocycles. The van der Waals surface area contributed by atoms with Gasteiger partial charge in [0.25, 0.3) is 6.43 Å². The Hall–Kier alpha value is -1.19. The number of aryl methyl sites for hydroxylation is 1. The van der Waals surface area contributed by atoms with Crippen LogP contribution < -0.4 is 4.74 Å². The molecular formula is C9H9F3O. The Balaban J connectivity index is 2.70. The Kier molecular flexibility index (Phi) is 3.17. The quantitative estimate of drug-likeness (QED) is 0.712. The molecule has 0 N–H and O–H groups in total. The fourth-order valence-corrected chi connectivity index (χ4v) is 0.874. The van der Waals surface area contributed by atoms with Gasteiger partial charge in [0.15, 0.2) is 11.6 Å². The summed E-state index contributed by atoms with van der Waals surface area (Å²) >= 11 is 0. The maximum absolute atomic E-state index is 12.9. The van der Waals surface area contributed by atoms with Crippen molar-refractivity contribution in [1.29, 1.82) is 0 Å². The first-order valence-corrected chi connectivity index (χ1v) is 3.76. The summed E-state index contributed by atoms with van der Waals surface area (Å²) in [5.41, 5.74) is 0.769. The minimum absolute atomic E-state index is 0.125. The Morgan fingerprint density at radius 3 is 2.69 bits per heavy atom. The molecule has 0 unspecified atom stereocenters. The average Bonchev–Trinajstić information content (AvgIpc) is 2.06. The van der Waals surface area contributed by atoms with Crippen LogP contribution in [0.15, 0.2) is 18.2 Å². The summed E-state index contributed by atoms with van der Waals surface area (Å²) in [6, 6.07) is 4.12. The Labute approximate surface area is 74.1 Å². The molecule has 1 nitrogen and oxygen atoms in total. The van der Waals surface area contributed by atoms with Crippen molar-refractivity contribution in [3.05, 3.63) is 29.6 Å². The summed E-state index contributed by atoms with van der Waals surface area (Å²) in [5.74, 6) is -0.744. The highest BCUT2D eigenvalue weighted by atomic mass is 19.3. The third kappa shape index (κ3) is 2.97. The SMILES string of the molecule is Cc1ccc(F)c(OCC(F)F)c1. The topological polar surface area (TPSA) is 9.23 Å². The van der Waals surface area contributed by atoms with Gasteiger partial charge in [-0.25, -0.2) is 13.2 Å². The van der Waals surface area contributed by atoms with Gasteiger partial charge in [-0.3, -0.25) is 0 Å². The van der Waals surface area contributed by atoms with E-state index < -0.39 is 18.8 Å². The van der Waals surface area contributed by atoms with Gasteiger partial charge in [-0.2, -0.15) is 0 Å². The highest BCUT2D eigenvalue weighted by Gasteiger charge is 2.07. The van der Waals surface area contributed by atoms with E-state index in [4.69, 9.17) is 0 Å². The normalized spacial score (nSPS) is 10.5. The van der Waals surface area contributed by atoms with Gasteiger partial charge in [-0.15, -0.1) is 0 Å². The summed E-state index contributed by atoms with van der Waals surface area (Å²) in [4.78, 5) is 0. The second-order valence-corrected chi connectivity index (χ2v) is 2.64. The summed E-state index contributed by atoms with van der Waals surface area (Å²) in [5, 5.41) is 0. The smallest absolute Gasteiger partial charge is 0.272 e. The molecule has 0 heterocycles. The number of hydrogen-bond donors (Lipinski definition) is 0. The van der Waals surface area contributed by atoms with Gasteiger partial charge in [0, 0.05) is 0 Å². The average molecular weight is 190 g/mol. The van der Waals surface area contributed by atoms with Crippen molar-refractivity contribution in [3.8, 4) is 5.75 Å². The maximum atomic E-state index is 12.9. The van der Waals surface area contributed by atoms with Crippen molar-refractivity contribution >= 4 is 0 Å². The lowest BCUT2D eigenvalue weighted by molar-refractivity contribution is 0.0799. The molecule has 13 heavy (non-hydrogen) atoms. The first-order chi connectivity index (χ1) is 6.09. The van der Waals surface area contributed by atoms with E-state index in [2.05, 4.69) is 4.74 Å². The third-order valence-corrected chi connectivity index (χ3v) is 1.45. The zero-order chi connectivity index (χ0) is 9.84. The molecule has 0 aliphatic carbocycles. The van der Waals surface area contributed by atoms with Crippen LogP contribution in [0.3, 0.4) is 0 Å². The van der Waals surface area contributed by atoms with E-state index in [1.807, 2.05) is 0 Å². The Morgan fingerprint density at radius 1 is 1.38 bits per heavy atom. The molecule has 0 fully saturated rings. The predicted octanol–water partition coefficient (Wildman–Crippen LogP) is 2.78. The van der Waals surface area contributed by atoms with E-state index in [1.165, 1.54) is 12.1 Å². The summed E-state index contributed by atoms with van der Waals surface area (Å²) in [6.45, 7) is 0.953. The van der Waals surface area contributed by atoms with Crippen molar-refractivity contribution in [2.24, 2.45) is 0 Å². The fourth-order valence-electron chi connectivity index (χ4n) is 0.874. The van der Waals surface area contributed by atoms with Crippen molar-refractivity contribution in [3.63, 3.8) is 0 Å². The van der Waals surface area contributed by atoms with Crippen LogP contribution in [-0.2, 0) is 0 Å². The van der Waals surface area contributed by atoms with Crippen LogP contribution in [0.5, 0.6) is 5.75 Å². The van der Waals surface area contributed by atoms with Crippen LogP contribution >= 0.6 is 0 Å². The standard InChI is InChI=1S/C9H9F3O/c1-6-2-3-7(10)8(4-6)13-5-9(11)12/h2-4,9H,5H2,1H3. The first-order valence-electron chi connectivity index (χ1n) is 3.76. The zero-order valence-corrected chi connectivity index (χ0v) is 7.06. The highest BCUT2D eigenvalue weighted by molar-refractivity contribution is 5.29. The van der Waals surface area contributed by atoms with Crippen LogP contribution in [-0.4, -0.2) is 13.0 Å². The summed E-state index contributed by atoms with van der Waals surface area (Å²) in [7, 11) is 0. The summed E-state index contributed by atoms with van der Waals surface area (Å²) in [6.07, 6.45) is -2.58. The molecule has 1 aromatic carbocycles. The Bertz CT molecular complexity index is 286. The number of benzene rings is 1. The minimum Gasteiger partial charge on any atom is -0.485 e. The van der Waals surface area contributed by atoms with Crippen molar-refractivity contribution < 1.29 is 17.9 Å². The molecule has 0 amide bonds. The van der Waals surface area contributed by atoms with E-state index in [0.29, 0.717) is 0 Å². The lowest BCUT2D eigenvalue weighted by atomic mass is 10.2. The van der Waals surface area contributed by atoms with Crippen LogP contribution in [0.2, 0.25) is 0 Å². The summed E-state index contributed by atoms with van der Waals surface area (Å²) < 4.78 is 40.8. The number of hydrogen-bond acceptors (Lipinski definition) is 1. The van der Waals surface area contributed by atoms with Gasteiger partial charge in [-0.1, -0.05) is 6.07 Å². The van der Waals surface area contributed by atoms with E-state index in [1.54, 1.807) is 13.0 Å². The maximum Gasteiger partial charge on any atom is 0.272 e.